The van der Waals surface area contributed by atoms with Crippen molar-refractivity contribution in [3.05, 3.63) is 63.4 Å². The van der Waals surface area contributed by atoms with Crippen LogP contribution in [0.15, 0.2) is 51.9 Å². The Balaban J connectivity index is 1.97. The minimum Gasteiger partial charge on any atom is -0.459 e. The fourth-order valence-corrected chi connectivity index (χ4v) is 2.70. The second-order valence-electron chi connectivity index (χ2n) is 6.21. The minimum absolute atomic E-state index is 0.0574. The predicted molar refractivity (Wildman–Crippen MR) is 109 cm³/mol. The third-order valence-electron chi connectivity index (χ3n) is 3.81. The highest BCUT2D eigenvalue weighted by Gasteiger charge is 2.23. The van der Waals surface area contributed by atoms with Gasteiger partial charge in [-0.2, -0.15) is 0 Å². The molecule has 0 aliphatic heterocycles. The van der Waals surface area contributed by atoms with Gasteiger partial charge in [0.15, 0.2) is 0 Å². The Bertz CT molecular complexity index is 790. The fourth-order valence-electron chi connectivity index (χ4n) is 2.33. The first-order valence-corrected chi connectivity index (χ1v) is 10.0. The number of hydrogen-bond donors (Lipinski definition) is 0. The van der Waals surface area contributed by atoms with Gasteiger partial charge in [0.05, 0.1) is 15.0 Å². The molecule has 0 radical (unpaired) electrons. The van der Waals surface area contributed by atoms with Gasteiger partial charge in [-0.25, -0.2) is 9.37 Å². The monoisotopic (exact) mass is 499 g/mol. The van der Waals surface area contributed by atoms with Crippen LogP contribution in [-0.2, 0) is 16.1 Å². The second-order valence-corrected chi connectivity index (χ2v) is 8.98. The van der Waals surface area contributed by atoms with Crippen LogP contribution in [0.5, 0.6) is 11.6 Å². The number of esters is 1. The molecule has 0 bridgehead atoms. The molecule has 1 heterocycles. The number of allylic oxidation sites excluding steroid dienone is 1. The summed E-state index contributed by atoms with van der Waals surface area (Å²) < 4.78 is 24.8. The molecule has 2 aromatic rings. The molecule has 2 rings (SSSR count). The van der Waals surface area contributed by atoms with E-state index < -0.39 is 0 Å². The van der Waals surface area contributed by atoms with Crippen molar-refractivity contribution < 1.29 is 18.7 Å². The van der Waals surface area contributed by atoms with Crippen molar-refractivity contribution in [3.8, 4) is 11.6 Å². The SMILES string of the molecule is CC(C)C(CC=C(Br)Br)C(=O)OCc1cccc(Oc2ccc(F)cc2)n1. The first-order valence-electron chi connectivity index (χ1n) is 8.42. The highest BCUT2D eigenvalue weighted by Crippen LogP contribution is 2.23. The lowest BCUT2D eigenvalue weighted by Gasteiger charge is -2.18. The Morgan fingerprint density at radius 1 is 1.19 bits per heavy atom. The lowest BCUT2D eigenvalue weighted by atomic mass is 9.93. The number of pyridine rings is 1. The number of hydrogen-bond acceptors (Lipinski definition) is 4. The van der Waals surface area contributed by atoms with Gasteiger partial charge in [-0.15, -0.1) is 0 Å². The molecule has 0 saturated heterocycles. The van der Waals surface area contributed by atoms with E-state index in [9.17, 15) is 9.18 Å². The number of rotatable bonds is 8. The maximum absolute atomic E-state index is 13.0. The molecule has 1 unspecified atom stereocenters. The molecule has 0 aliphatic carbocycles. The average Bonchev–Trinajstić information content (AvgIpc) is 2.62. The summed E-state index contributed by atoms with van der Waals surface area (Å²) in [7, 11) is 0. The zero-order chi connectivity index (χ0) is 19.8. The summed E-state index contributed by atoms with van der Waals surface area (Å²) >= 11 is 6.59. The van der Waals surface area contributed by atoms with Gasteiger partial charge in [-0.3, -0.25) is 4.79 Å². The van der Waals surface area contributed by atoms with Crippen LogP contribution >= 0.6 is 31.9 Å². The summed E-state index contributed by atoms with van der Waals surface area (Å²) in [5.74, 6) is 0.126. The van der Waals surface area contributed by atoms with E-state index in [1.165, 1.54) is 24.3 Å². The summed E-state index contributed by atoms with van der Waals surface area (Å²) in [4.78, 5) is 16.7. The second kappa shape index (κ2) is 10.6. The Kier molecular flexibility index (Phi) is 8.44. The normalized spacial score (nSPS) is 11.8. The van der Waals surface area contributed by atoms with Gasteiger partial charge in [-0.05, 0) is 74.5 Å². The standard InChI is InChI=1S/C20H20Br2FNO3/c1-13(2)17(10-11-18(21)22)20(25)26-12-15-4-3-5-19(24-15)27-16-8-6-14(23)7-9-16/h3-9,11,13,17H,10,12H2,1-2H3. The quantitative estimate of drug-likeness (QED) is 0.396. The van der Waals surface area contributed by atoms with Crippen molar-refractivity contribution in [2.45, 2.75) is 26.9 Å². The van der Waals surface area contributed by atoms with Crippen molar-refractivity contribution >= 4 is 37.8 Å². The number of carbonyl (C=O) groups excluding carboxylic acids is 1. The summed E-state index contributed by atoms with van der Waals surface area (Å²) in [5.41, 5.74) is 0.572. The van der Waals surface area contributed by atoms with Crippen molar-refractivity contribution in [1.29, 1.82) is 0 Å². The summed E-state index contributed by atoms with van der Waals surface area (Å²) in [6.45, 7) is 4.02. The lowest BCUT2D eigenvalue weighted by Crippen LogP contribution is -2.22. The molecule has 1 aromatic heterocycles. The van der Waals surface area contributed by atoms with Crippen LogP contribution in [0.3, 0.4) is 0 Å². The van der Waals surface area contributed by atoms with Crippen LogP contribution in [0.4, 0.5) is 4.39 Å². The Morgan fingerprint density at radius 2 is 1.89 bits per heavy atom. The molecular formula is C20H20Br2FNO3. The number of benzene rings is 1. The number of halogens is 3. The van der Waals surface area contributed by atoms with Gasteiger partial charge < -0.3 is 9.47 Å². The molecule has 4 nitrogen and oxygen atoms in total. The Morgan fingerprint density at radius 3 is 2.52 bits per heavy atom. The van der Waals surface area contributed by atoms with Crippen LogP contribution in [0.2, 0.25) is 0 Å². The van der Waals surface area contributed by atoms with Crippen LogP contribution < -0.4 is 4.74 Å². The first kappa shape index (κ1) is 21.6. The zero-order valence-corrected chi connectivity index (χ0v) is 18.2. The highest BCUT2D eigenvalue weighted by atomic mass is 79.9. The van der Waals surface area contributed by atoms with Crippen molar-refractivity contribution in [2.24, 2.45) is 11.8 Å². The molecule has 0 fully saturated rings. The first-order chi connectivity index (χ1) is 12.8. The average molecular weight is 501 g/mol. The van der Waals surface area contributed by atoms with Crippen molar-refractivity contribution in [1.82, 2.24) is 4.98 Å². The highest BCUT2D eigenvalue weighted by molar-refractivity contribution is 9.28. The van der Waals surface area contributed by atoms with E-state index in [1.807, 2.05) is 19.9 Å². The van der Waals surface area contributed by atoms with E-state index in [1.54, 1.807) is 18.2 Å². The maximum atomic E-state index is 13.0. The van der Waals surface area contributed by atoms with E-state index in [-0.39, 0.29) is 30.2 Å². The lowest BCUT2D eigenvalue weighted by molar-refractivity contribution is -0.151. The van der Waals surface area contributed by atoms with Gasteiger partial charge in [0.2, 0.25) is 5.88 Å². The molecule has 0 saturated carbocycles. The number of aromatic nitrogens is 1. The predicted octanol–water partition coefficient (Wildman–Crippen LogP) is 6.35. The van der Waals surface area contributed by atoms with Gasteiger partial charge in [-0.1, -0.05) is 26.0 Å². The summed E-state index contributed by atoms with van der Waals surface area (Å²) in [6, 6.07) is 10.9. The smallest absolute Gasteiger partial charge is 0.309 e. The van der Waals surface area contributed by atoms with E-state index >= 15 is 0 Å². The third kappa shape index (κ3) is 7.42. The summed E-state index contributed by atoms with van der Waals surface area (Å²) in [5, 5.41) is 0. The molecular weight excluding hydrogens is 481 g/mol. The van der Waals surface area contributed by atoms with Gasteiger partial charge >= 0.3 is 5.97 Å². The maximum Gasteiger partial charge on any atom is 0.309 e. The molecule has 0 amide bonds. The molecule has 0 N–H and O–H groups in total. The third-order valence-corrected chi connectivity index (χ3v) is 4.46. The van der Waals surface area contributed by atoms with Crippen LogP contribution in [0.1, 0.15) is 26.0 Å². The zero-order valence-electron chi connectivity index (χ0n) is 15.0. The van der Waals surface area contributed by atoms with E-state index in [0.717, 1.165) is 3.39 Å². The van der Waals surface area contributed by atoms with Gasteiger partial charge in [0.25, 0.3) is 0 Å². The van der Waals surface area contributed by atoms with E-state index in [2.05, 4.69) is 36.8 Å². The largest absolute Gasteiger partial charge is 0.459 e. The topological polar surface area (TPSA) is 48.4 Å². The summed E-state index contributed by atoms with van der Waals surface area (Å²) in [6.07, 6.45) is 2.46. The van der Waals surface area contributed by atoms with Crippen LogP contribution in [0, 0.1) is 17.7 Å². The molecule has 7 heteroatoms. The van der Waals surface area contributed by atoms with E-state index in [0.29, 0.717) is 23.7 Å². The number of ether oxygens (including phenoxy) is 2. The van der Waals surface area contributed by atoms with Crippen LogP contribution in [-0.4, -0.2) is 11.0 Å². The Labute approximate surface area is 175 Å². The molecule has 1 aromatic carbocycles. The van der Waals surface area contributed by atoms with Crippen molar-refractivity contribution in [3.63, 3.8) is 0 Å². The minimum atomic E-state index is -0.336. The van der Waals surface area contributed by atoms with Crippen molar-refractivity contribution in [2.75, 3.05) is 0 Å². The van der Waals surface area contributed by atoms with Crippen LogP contribution in [0.25, 0.3) is 0 Å². The van der Waals surface area contributed by atoms with Gasteiger partial charge in [0, 0.05) is 6.07 Å². The molecule has 1 atom stereocenters. The molecule has 27 heavy (non-hydrogen) atoms. The van der Waals surface area contributed by atoms with E-state index in [4.69, 9.17) is 9.47 Å². The van der Waals surface area contributed by atoms with Gasteiger partial charge in [0.1, 0.15) is 18.2 Å². The fraction of sp³-hybridized carbons (Fsp3) is 0.300. The number of carbonyl (C=O) groups is 1. The molecule has 0 spiro atoms. The molecule has 144 valence electrons. The Hall–Kier alpha value is -1.73. The number of nitrogens with zero attached hydrogens (tertiary/aromatic N) is 1. The molecule has 0 aliphatic rings.